The van der Waals surface area contributed by atoms with Crippen LogP contribution in [0.25, 0.3) is 0 Å². The summed E-state index contributed by atoms with van der Waals surface area (Å²) in [5, 5.41) is 10.6. The molecule has 31 heavy (non-hydrogen) atoms. The van der Waals surface area contributed by atoms with E-state index in [2.05, 4.69) is 42.7 Å². The number of hydrogen-bond donors (Lipinski definition) is 1. The molecule has 174 valence electrons. The summed E-state index contributed by atoms with van der Waals surface area (Å²) in [6, 6.07) is 6.21. The molecule has 4 rings (SSSR count). The molecule has 1 N–H and O–H groups in total. The van der Waals surface area contributed by atoms with Crippen molar-refractivity contribution in [1.82, 2.24) is 9.80 Å². The van der Waals surface area contributed by atoms with E-state index < -0.39 is 6.10 Å². The molecule has 1 saturated heterocycles. The smallest absolute Gasteiger partial charge is 0.231 e. The summed E-state index contributed by atoms with van der Waals surface area (Å²) in [6.07, 6.45) is 3.60. The largest absolute Gasteiger partial charge is 0.454 e. The zero-order chi connectivity index (χ0) is 21.8. The first-order valence-corrected chi connectivity index (χ1v) is 12.1. The van der Waals surface area contributed by atoms with E-state index in [4.69, 9.17) is 14.2 Å². The molecule has 0 bridgehead atoms. The Bertz CT molecular complexity index is 705. The van der Waals surface area contributed by atoms with Gasteiger partial charge in [0.05, 0.1) is 18.8 Å². The van der Waals surface area contributed by atoms with Crippen molar-refractivity contribution in [3.8, 4) is 11.5 Å². The Morgan fingerprint density at radius 1 is 1.06 bits per heavy atom. The summed E-state index contributed by atoms with van der Waals surface area (Å²) in [5.41, 5.74) is 1.26. The minimum absolute atomic E-state index is 0.300. The number of benzene rings is 1. The van der Waals surface area contributed by atoms with Gasteiger partial charge in [0.25, 0.3) is 0 Å². The maximum atomic E-state index is 10.6. The topological polar surface area (TPSA) is 54.4 Å². The molecule has 0 unspecified atom stereocenters. The summed E-state index contributed by atoms with van der Waals surface area (Å²) < 4.78 is 17.1. The van der Waals surface area contributed by atoms with E-state index in [0.29, 0.717) is 32.0 Å². The Morgan fingerprint density at radius 2 is 1.81 bits per heavy atom. The zero-order valence-electron chi connectivity index (χ0n) is 19.5. The summed E-state index contributed by atoms with van der Waals surface area (Å²) in [5.74, 6) is 3.77. The van der Waals surface area contributed by atoms with Gasteiger partial charge < -0.3 is 19.3 Å². The highest BCUT2D eigenvalue weighted by Crippen LogP contribution is 2.35. The maximum Gasteiger partial charge on any atom is 0.231 e. The first-order chi connectivity index (χ1) is 15.0. The quantitative estimate of drug-likeness (QED) is 0.680. The molecule has 1 aliphatic carbocycles. The fraction of sp³-hybridized carbons (Fsp3) is 0.760. The fourth-order valence-corrected chi connectivity index (χ4v) is 5.16. The minimum atomic E-state index is -0.410. The van der Waals surface area contributed by atoms with Crippen LogP contribution in [0.15, 0.2) is 18.2 Å². The molecule has 2 fully saturated rings. The van der Waals surface area contributed by atoms with Crippen LogP contribution in [0.1, 0.15) is 45.6 Å². The Labute approximate surface area is 187 Å². The average Bonchev–Trinajstić information content (AvgIpc) is 3.22. The predicted octanol–water partition coefficient (Wildman–Crippen LogP) is 3.37. The number of piperazine rings is 1. The van der Waals surface area contributed by atoms with E-state index in [9.17, 15) is 5.11 Å². The number of aliphatic hydroxyl groups is 1. The van der Waals surface area contributed by atoms with E-state index >= 15 is 0 Å². The van der Waals surface area contributed by atoms with Crippen molar-refractivity contribution >= 4 is 0 Å². The normalized spacial score (nSPS) is 28.2. The second-order valence-corrected chi connectivity index (χ2v) is 10.1. The van der Waals surface area contributed by atoms with E-state index in [-0.39, 0.29) is 0 Å². The van der Waals surface area contributed by atoms with Crippen molar-refractivity contribution < 1.29 is 19.3 Å². The summed E-state index contributed by atoms with van der Waals surface area (Å²) in [4.78, 5) is 4.83. The summed E-state index contributed by atoms with van der Waals surface area (Å²) >= 11 is 0. The van der Waals surface area contributed by atoms with Crippen molar-refractivity contribution in [2.45, 2.75) is 58.8 Å². The van der Waals surface area contributed by atoms with Gasteiger partial charge in [0.15, 0.2) is 11.5 Å². The van der Waals surface area contributed by atoms with Crippen LogP contribution in [0.4, 0.5) is 0 Å². The van der Waals surface area contributed by atoms with Crippen LogP contribution in [0.3, 0.4) is 0 Å². The third-order valence-corrected chi connectivity index (χ3v) is 7.39. The predicted molar refractivity (Wildman–Crippen MR) is 121 cm³/mol. The number of nitrogens with zero attached hydrogens (tertiary/aromatic N) is 2. The minimum Gasteiger partial charge on any atom is -0.454 e. The van der Waals surface area contributed by atoms with Crippen molar-refractivity contribution in [1.29, 1.82) is 0 Å². The number of fused-ring (bicyclic) bond motifs is 1. The van der Waals surface area contributed by atoms with Gasteiger partial charge in [-0.15, -0.1) is 0 Å². The zero-order valence-corrected chi connectivity index (χ0v) is 19.5. The van der Waals surface area contributed by atoms with Crippen molar-refractivity contribution in [2.75, 3.05) is 46.1 Å². The number of ether oxygens (including phenoxy) is 3. The number of hydrogen-bond acceptors (Lipinski definition) is 6. The highest BCUT2D eigenvalue weighted by molar-refractivity contribution is 5.44. The third kappa shape index (κ3) is 6.13. The lowest BCUT2D eigenvalue weighted by atomic mass is 9.76. The van der Waals surface area contributed by atoms with E-state index in [1.165, 1.54) is 18.4 Å². The molecule has 6 heteroatoms. The fourth-order valence-electron chi connectivity index (χ4n) is 5.16. The van der Waals surface area contributed by atoms with Gasteiger partial charge in [-0.05, 0) is 54.7 Å². The van der Waals surface area contributed by atoms with Crippen molar-refractivity contribution in [3.63, 3.8) is 0 Å². The third-order valence-electron chi connectivity index (χ3n) is 7.39. The highest BCUT2D eigenvalue weighted by Gasteiger charge is 2.30. The summed E-state index contributed by atoms with van der Waals surface area (Å²) in [7, 11) is 0. The molecule has 1 saturated carbocycles. The lowest BCUT2D eigenvalue weighted by molar-refractivity contribution is -0.0678. The molecule has 6 nitrogen and oxygen atoms in total. The SMILES string of the molecule is CC(C)[C@H]1CC[C@@H](C)[C@@H](OC[C@H](O)CN2CCN(Cc3ccc4c(c3)OCO4)CC2)C1. The molecule has 3 aliphatic rings. The molecule has 0 aromatic heterocycles. The van der Waals surface area contributed by atoms with E-state index in [1.807, 2.05) is 6.07 Å². The van der Waals surface area contributed by atoms with Crippen LogP contribution >= 0.6 is 0 Å². The van der Waals surface area contributed by atoms with Gasteiger partial charge >= 0.3 is 0 Å². The highest BCUT2D eigenvalue weighted by atomic mass is 16.7. The lowest BCUT2D eigenvalue weighted by Crippen LogP contribution is -2.49. The molecular weight excluding hydrogens is 392 g/mol. The first-order valence-electron chi connectivity index (χ1n) is 12.1. The Hall–Kier alpha value is -1.34. The van der Waals surface area contributed by atoms with Crippen LogP contribution in [0.2, 0.25) is 0 Å². The van der Waals surface area contributed by atoms with Crippen LogP contribution < -0.4 is 9.47 Å². The van der Waals surface area contributed by atoms with Crippen LogP contribution in [0.5, 0.6) is 11.5 Å². The standard InChI is InChI=1S/C25H40N2O4/c1-18(2)21-6-4-19(3)24(13-21)29-16-22(28)15-27-10-8-26(9-11-27)14-20-5-7-23-25(12-20)31-17-30-23/h5,7,12,18-19,21-22,24,28H,4,6,8-11,13-17H2,1-3H3/t19-,21+,22-,24+/m1/s1. The molecule has 1 aromatic rings. The number of aliphatic hydroxyl groups excluding tert-OH is 1. The number of rotatable bonds is 8. The summed E-state index contributed by atoms with van der Waals surface area (Å²) in [6.45, 7) is 13.3. The Morgan fingerprint density at radius 3 is 2.58 bits per heavy atom. The van der Waals surface area contributed by atoms with Crippen molar-refractivity contribution in [2.24, 2.45) is 17.8 Å². The molecular formula is C25H40N2O4. The van der Waals surface area contributed by atoms with E-state index in [0.717, 1.165) is 62.5 Å². The molecule has 0 spiro atoms. The molecule has 0 radical (unpaired) electrons. The van der Waals surface area contributed by atoms with E-state index in [1.54, 1.807) is 0 Å². The Balaban J connectivity index is 1.16. The monoisotopic (exact) mass is 432 g/mol. The van der Waals surface area contributed by atoms with Gasteiger partial charge in [0.2, 0.25) is 6.79 Å². The molecule has 2 aliphatic heterocycles. The second-order valence-electron chi connectivity index (χ2n) is 10.1. The van der Waals surface area contributed by atoms with Gasteiger partial charge in [0, 0.05) is 39.3 Å². The molecule has 2 heterocycles. The number of β-amino-alcohol motifs (C(OH)–C–C–N with tert-alkyl or cyclic N) is 1. The average molecular weight is 433 g/mol. The van der Waals surface area contributed by atoms with Gasteiger partial charge in [-0.2, -0.15) is 0 Å². The first kappa shape index (κ1) is 22.8. The molecule has 0 amide bonds. The van der Waals surface area contributed by atoms with Gasteiger partial charge in [0.1, 0.15) is 0 Å². The van der Waals surface area contributed by atoms with Crippen LogP contribution in [-0.2, 0) is 11.3 Å². The molecule has 1 aromatic carbocycles. The molecule has 4 atom stereocenters. The van der Waals surface area contributed by atoms with Gasteiger partial charge in [-0.3, -0.25) is 9.80 Å². The van der Waals surface area contributed by atoms with Gasteiger partial charge in [-0.25, -0.2) is 0 Å². The maximum absolute atomic E-state index is 10.6. The van der Waals surface area contributed by atoms with Crippen LogP contribution in [-0.4, -0.2) is 73.2 Å². The lowest BCUT2D eigenvalue weighted by Gasteiger charge is -2.37. The van der Waals surface area contributed by atoms with Crippen LogP contribution in [0, 0.1) is 17.8 Å². The Kier molecular flexibility index (Phi) is 7.75. The van der Waals surface area contributed by atoms with Crippen molar-refractivity contribution in [3.05, 3.63) is 23.8 Å². The van der Waals surface area contributed by atoms with Gasteiger partial charge in [-0.1, -0.05) is 26.8 Å². The second kappa shape index (κ2) is 10.5.